The maximum absolute atomic E-state index is 13.2. The number of fused-ring (bicyclic) bond motifs is 4. The summed E-state index contributed by atoms with van der Waals surface area (Å²) in [7, 11) is -1.07. The summed E-state index contributed by atoms with van der Waals surface area (Å²) >= 11 is 0. The van der Waals surface area contributed by atoms with Gasteiger partial charge < -0.3 is 10.3 Å². The first-order chi connectivity index (χ1) is 12.8. The van der Waals surface area contributed by atoms with Gasteiger partial charge in [-0.2, -0.15) is 0 Å². The maximum Gasteiger partial charge on any atom is 0.0596 e. The Balaban J connectivity index is 1.51. The highest BCUT2D eigenvalue weighted by atomic mass is 32.2. The average molecular weight is 360 g/mol. The van der Waals surface area contributed by atoms with E-state index in [-0.39, 0.29) is 6.04 Å². The molecule has 1 aromatic heterocycles. The second kappa shape index (κ2) is 6.38. The number of H-pyrrole nitrogens is 1. The van der Waals surface area contributed by atoms with Gasteiger partial charge in [0.1, 0.15) is 0 Å². The van der Waals surface area contributed by atoms with Gasteiger partial charge in [-0.15, -0.1) is 0 Å². The first kappa shape index (κ1) is 15.8. The number of benzene rings is 3. The summed E-state index contributed by atoms with van der Waals surface area (Å²) in [5.74, 6) is 0.577. The molecule has 1 aliphatic rings. The lowest BCUT2D eigenvalue weighted by atomic mass is 10.0. The smallest absolute Gasteiger partial charge is 0.0596 e. The lowest BCUT2D eigenvalue weighted by molar-refractivity contribution is 0.534. The van der Waals surface area contributed by atoms with Gasteiger partial charge in [-0.3, -0.25) is 4.21 Å². The molecule has 26 heavy (non-hydrogen) atoms. The van der Waals surface area contributed by atoms with Crippen molar-refractivity contribution in [3.05, 3.63) is 78.0 Å². The van der Waals surface area contributed by atoms with Crippen molar-refractivity contribution in [1.82, 2.24) is 10.3 Å². The largest absolute Gasteiger partial charge is 0.357 e. The minimum absolute atomic E-state index is 0.0888. The summed E-state index contributed by atoms with van der Waals surface area (Å²) in [5.41, 5.74) is 3.74. The number of aromatic amines is 1. The second-order valence-electron chi connectivity index (χ2n) is 6.81. The monoisotopic (exact) mass is 360 g/mol. The number of aromatic nitrogens is 1. The Kier molecular flexibility index (Phi) is 3.88. The lowest BCUT2D eigenvalue weighted by Crippen LogP contribution is -2.33. The Labute approximate surface area is 154 Å². The third kappa shape index (κ3) is 2.57. The molecule has 0 bridgehead atoms. The van der Waals surface area contributed by atoms with Crippen LogP contribution in [0.15, 0.2) is 71.6 Å². The van der Waals surface area contributed by atoms with Crippen LogP contribution < -0.4 is 5.32 Å². The van der Waals surface area contributed by atoms with Crippen molar-refractivity contribution >= 4 is 32.5 Å². The van der Waals surface area contributed by atoms with Crippen molar-refractivity contribution < 1.29 is 4.21 Å². The number of rotatable bonds is 3. The number of hydrogen-bond donors (Lipinski definition) is 2. The fraction of sp³-hybridized carbons (Fsp3) is 0.182. The minimum Gasteiger partial charge on any atom is -0.357 e. The first-order valence-electron chi connectivity index (χ1n) is 9.00. The molecule has 2 heterocycles. The van der Waals surface area contributed by atoms with Crippen molar-refractivity contribution in [3.8, 4) is 0 Å². The Morgan fingerprint density at radius 1 is 0.923 bits per heavy atom. The summed E-state index contributed by atoms with van der Waals surface area (Å²) in [5, 5.41) is 7.08. The summed E-state index contributed by atoms with van der Waals surface area (Å²) in [6.07, 6.45) is 1.01. The maximum atomic E-state index is 13.2. The van der Waals surface area contributed by atoms with E-state index < -0.39 is 10.8 Å². The molecule has 2 N–H and O–H groups in total. The van der Waals surface area contributed by atoms with Crippen LogP contribution in [-0.4, -0.2) is 21.5 Å². The third-order valence-corrected chi connectivity index (χ3v) is 6.76. The summed E-state index contributed by atoms with van der Waals surface area (Å²) in [4.78, 5) is 4.49. The molecule has 4 aromatic rings. The number of para-hydroxylation sites is 1. The van der Waals surface area contributed by atoms with Crippen LogP contribution in [0, 0.1) is 0 Å². The molecule has 130 valence electrons. The molecule has 4 heteroatoms. The van der Waals surface area contributed by atoms with Gasteiger partial charge in [-0.05, 0) is 41.4 Å². The molecule has 5 rings (SSSR count). The molecular weight excluding hydrogens is 340 g/mol. The van der Waals surface area contributed by atoms with Gasteiger partial charge in [0.25, 0.3) is 0 Å². The Bertz CT molecular complexity index is 1130. The van der Waals surface area contributed by atoms with Crippen molar-refractivity contribution in [3.63, 3.8) is 0 Å². The van der Waals surface area contributed by atoms with Crippen molar-refractivity contribution in [2.24, 2.45) is 0 Å². The fourth-order valence-electron chi connectivity index (χ4n) is 4.04. The highest BCUT2D eigenvalue weighted by Gasteiger charge is 2.26. The molecule has 0 radical (unpaired) electrons. The third-order valence-electron chi connectivity index (χ3n) is 5.27. The van der Waals surface area contributed by atoms with E-state index in [2.05, 4.69) is 52.8 Å². The van der Waals surface area contributed by atoms with Gasteiger partial charge in [0.05, 0.1) is 16.8 Å². The number of nitrogens with one attached hydrogen (secondary N) is 2. The molecule has 0 fully saturated rings. The van der Waals surface area contributed by atoms with Crippen LogP contribution in [0.1, 0.15) is 17.3 Å². The van der Waals surface area contributed by atoms with E-state index in [0.717, 1.165) is 28.6 Å². The fourth-order valence-corrected chi connectivity index (χ4v) is 5.47. The molecule has 0 amide bonds. The summed E-state index contributed by atoms with van der Waals surface area (Å²) in [6.45, 7) is 0.923. The molecule has 3 nitrogen and oxygen atoms in total. The Morgan fingerprint density at radius 3 is 2.62 bits per heavy atom. The van der Waals surface area contributed by atoms with Gasteiger partial charge in [-0.25, -0.2) is 0 Å². The van der Waals surface area contributed by atoms with Crippen LogP contribution in [0.25, 0.3) is 21.7 Å². The minimum atomic E-state index is -1.07. The first-order valence-corrected chi connectivity index (χ1v) is 10.3. The predicted octanol–water partition coefficient (Wildman–Crippen LogP) is 4.32. The van der Waals surface area contributed by atoms with Gasteiger partial charge in [0.15, 0.2) is 0 Å². The van der Waals surface area contributed by atoms with E-state index >= 15 is 0 Å². The molecule has 0 saturated heterocycles. The van der Waals surface area contributed by atoms with E-state index in [9.17, 15) is 4.21 Å². The quantitative estimate of drug-likeness (QED) is 0.572. The van der Waals surface area contributed by atoms with E-state index in [1.165, 1.54) is 22.2 Å². The van der Waals surface area contributed by atoms with Crippen LogP contribution in [0.3, 0.4) is 0 Å². The van der Waals surface area contributed by atoms with E-state index in [1.807, 2.05) is 24.3 Å². The molecular formula is C22H20N2OS. The molecule has 1 unspecified atom stereocenters. The molecule has 3 aromatic carbocycles. The van der Waals surface area contributed by atoms with Crippen LogP contribution in [0.2, 0.25) is 0 Å². The van der Waals surface area contributed by atoms with Crippen molar-refractivity contribution in [2.75, 3.05) is 12.3 Å². The SMILES string of the molecule is O=S(C[C@@H]1NCCc2c1[nH]c1ccccc21)c1cccc2ccccc12. The highest BCUT2D eigenvalue weighted by molar-refractivity contribution is 7.85. The van der Waals surface area contributed by atoms with Gasteiger partial charge in [-0.1, -0.05) is 54.6 Å². The van der Waals surface area contributed by atoms with Crippen LogP contribution in [0.5, 0.6) is 0 Å². The zero-order valence-electron chi connectivity index (χ0n) is 14.4. The average Bonchev–Trinajstić information content (AvgIpc) is 3.07. The lowest BCUT2D eigenvalue weighted by Gasteiger charge is -2.24. The van der Waals surface area contributed by atoms with Gasteiger partial charge >= 0.3 is 0 Å². The van der Waals surface area contributed by atoms with Crippen LogP contribution in [0.4, 0.5) is 0 Å². The normalized spacial score (nSPS) is 18.1. The zero-order valence-corrected chi connectivity index (χ0v) is 15.2. The van der Waals surface area contributed by atoms with E-state index in [0.29, 0.717) is 5.75 Å². The molecule has 1 aliphatic heterocycles. The highest BCUT2D eigenvalue weighted by Crippen LogP contribution is 2.31. The second-order valence-corrected chi connectivity index (χ2v) is 8.27. The van der Waals surface area contributed by atoms with Crippen LogP contribution in [-0.2, 0) is 17.2 Å². The van der Waals surface area contributed by atoms with Gasteiger partial charge in [0, 0.05) is 27.2 Å². The zero-order chi connectivity index (χ0) is 17.5. The van der Waals surface area contributed by atoms with Crippen molar-refractivity contribution in [1.29, 1.82) is 0 Å². The van der Waals surface area contributed by atoms with E-state index in [4.69, 9.17) is 0 Å². The topological polar surface area (TPSA) is 44.9 Å². The Morgan fingerprint density at radius 2 is 1.69 bits per heavy atom. The summed E-state index contributed by atoms with van der Waals surface area (Å²) in [6, 6.07) is 22.8. The Hall–Kier alpha value is -2.43. The standard InChI is InChI=1S/C22H20N2OS/c25-26(21-11-5-7-15-6-1-2-8-16(15)21)14-20-22-18(12-13-23-20)17-9-3-4-10-19(17)24-22/h1-11,20,23-24H,12-14H2/t20-,26?/m0/s1. The molecule has 0 saturated carbocycles. The summed E-state index contributed by atoms with van der Waals surface area (Å²) < 4.78 is 13.2. The molecule has 2 atom stereocenters. The molecule has 0 aliphatic carbocycles. The molecule has 0 spiro atoms. The number of hydrogen-bond acceptors (Lipinski definition) is 2. The van der Waals surface area contributed by atoms with Gasteiger partial charge in [0.2, 0.25) is 0 Å². The van der Waals surface area contributed by atoms with Crippen LogP contribution >= 0.6 is 0 Å². The predicted molar refractivity (Wildman–Crippen MR) is 108 cm³/mol. The van der Waals surface area contributed by atoms with E-state index in [1.54, 1.807) is 0 Å². The van der Waals surface area contributed by atoms with Crippen molar-refractivity contribution in [2.45, 2.75) is 17.4 Å².